The number of pyridine rings is 1. The van der Waals surface area contributed by atoms with Crippen LogP contribution in [0.1, 0.15) is 13.8 Å². The highest BCUT2D eigenvalue weighted by Crippen LogP contribution is 2.26. The molecule has 5 nitrogen and oxygen atoms in total. The molecule has 0 aliphatic carbocycles. The lowest BCUT2D eigenvalue weighted by Crippen LogP contribution is -2.34. The predicted octanol–water partition coefficient (Wildman–Crippen LogP) is 2.54. The second-order valence-electron chi connectivity index (χ2n) is 4.74. The van der Waals surface area contributed by atoms with Crippen LogP contribution in [-0.4, -0.2) is 27.2 Å². The Bertz CT molecular complexity index is 673. The van der Waals surface area contributed by atoms with E-state index in [1.807, 2.05) is 19.9 Å². The molecule has 0 N–H and O–H groups in total. The maximum atomic E-state index is 12.3. The van der Waals surface area contributed by atoms with Gasteiger partial charge in [-0.15, -0.1) is 6.42 Å². The second-order valence-corrected chi connectivity index (χ2v) is 5.10. The third-order valence-electron chi connectivity index (χ3n) is 2.86. The SMILES string of the molecule is C#CCN(C(=O)C(C)C)c1cn(-c2cccnc2)nc1Cl. The second kappa shape index (κ2) is 6.42. The summed E-state index contributed by atoms with van der Waals surface area (Å²) in [7, 11) is 0. The van der Waals surface area contributed by atoms with Gasteiger partial charge in [-0.1, -0.05) is 31.4 Å². The Morgan fingerprint density at radius 1 is 1.57 bits per heavy atom. The van der Waals surface area contributed by atoms with E-state index in [1.54, 1.807) is 29.3 Å². The minimum atomic E-state index is -0.184. The molecule has 108 valence electrons. The molecular formula is C15H15ClN4O. The average Bonchev–Trinajstić information content (AvgIpc) is 2.86. The molecule has 2 heterocycles. The number of aromatic nitrogens is 3. The molecule has 0 aromatic carbocycles. The van der Waals surface area contributed by atoms with E-state index in [0.29, 0.717) is 5.69 Å². The lowest BCUT2D eigenvalue weighted by Gasteiger charge is -2.20. The fraction of sp³-hybridized carbons (Fsp3) is 0.267. The smallest absolute Gasteiger partial charge is 0.230 e. The van der Waals surface area contributed by atoms with Crippen LogP contribution in [0.25, 0.3) is 5.69 Å². The van der Waals surface area contributed by atoms with E-state index in [-0.39, 0.29) is 23.5 Å². The van der Waals surface area contributed by atoms with Crippen LogP contribution in [0, 0.1) is 18.3 Å². The Kier molecular flexibility index (Phi) is 4.61. The largest absolute Gasteiger partial charge is 0.296 e. The summed E-state index contributed by atoms with van der Waals surface area (Å²) in [5.74, 6) is 2.19. The van der Waals surface area contributed by atoms with Gasteiger partial charge in [0.05, 0.1) is 24.6 Å². The van der Waals surface area contributed by atoms with E-state index in [2.05, 4.69) is 16.0 Å². The Hall–Kier alpha value is -2.32. The summed E-state index contributed by atoms with van der Waals surface area (Å²) in [5.41, 5.74) is 1.25. The third kappa shape index (κ3) is 3.23. The summed E-state index contributed by atoms with van der Waals surface area (Å²) in [4.78, 5) is 17.7. The molecule has 2 rings (SSSR count). The van der Waals surface area contributed by atoms with Crippen molar-refractivity contribution in [2.24, 2.45) is 5.92 Å². The molecule has 0 saturated heterocycles. The molecule has 1 amide bonds. The molecule has 0 atom stereocenters. The maximum Gasteiger partial charge on any atom is 0.230 e. The predicted molar refractivity (Wildman–Crippen MR) is 82.4 cm³/mol. The van der Waals surface area contributed by atoms with E-state index in [1.165, 1.54) is 4.90 Å². The first-order chi connectivity index (χ1) is 10.0. The van der Waals surface area contributed by atoms with Gasteiger partial charge >= 0.3 is 0 Å². The van der Waals surface area contributed by atoms with Gasteiger partial charge in [-0.05, 0) is 12.1 Å². The van der Waals surface area contributed by atoms with Crippen molar-refractivity contribution in [2.45, 2.75) is 13.8 Å². The van der Waals surface area contributed by atoms with Crippen molar-refractivity contribution >= 4 is 23.2 Å². The highest BCUT2D eigenvalue weighted by Gasteiger charge is 2.22. The Morgan fingerprint density at radius 3 is 2.90 bits per heavy atom. The van der Waals surface area contributed by atoms with Crippen LogP contribution in [0.5, 0.6) is 0 Å². The zero-order chi connectivity index (χ0) is 15.4. The zero-order valence-corrected chi connectivity index (χ0v) is 12.6. The van der Waals surface area contributed by atoms with Gasteiger partial charge in [-0.2, -0.15) is 5.10 Å². The van der Waals surface area contributed by atoms with Crippen LogP contribution in [0.4, 0.5) is 5.69 Å². The molecule has 2 aromatic heterocycles. The van der Waals surface area contributed by atoms with Gasteiger partial charge < -0.3 is 0 Å². The van der Waals surface area contributed by atoms with Crippen LogP contribution in [0.15, 0.2) is 30.7 Å². The van der Waals surface area contributed by atoms with Crippen LogP contribution in [0.2, 0.25) is 5.15 Å². The van der Waals surface area contributed by atoms with Gasteiger partial charge in [0.25, 0.3) is 0 Å². The van der Waals surface area contributed by atoms with Crippen LogP contribution in [0.3, 0.4) is 0 Å². The van der Waals surface area contributed by atoms with Gasteiger partial charge in [0.15, 0.2) is 5.15 Å². The summed E-state index contributed by atoms with van der Waals surface area (Å²) in [6, 6.07) is 3.64. The molecule has 0 unspecified atom stereocenters. The summed E-state index contributed by atoms with van der Waals surface area (Å²) in [6.07, 6.45) is 10.4. The zero-order valence-electron chi connectivity index (χ0n) is 11.8. The van der Waals surface area contributed by atoms with Crippen molar-refractivity contribution in [1.29, 1.82) is 0 Å². The van der Waals surface area contributed by atoms with E-state index >= 15 is 0 Å². The van der Waals surface area contributed by atoms with Crippen molar-refractivity contribution in [1.82, 2.24) is 14.8 Å². The topological polar surface area (TPSA) is 51.0 Å². The molecule has 0 aliphatic heterocycles. The van der Waals surface area contributed by atoms with Gasteiger partial charge in [0.2, 0.25) is 5.91 Å². The first-order valence-electron chi connectivity index (χ1n) is 6.45. The highest BCUT2D eigenvalue weighted by molar-refractivity contribution is 6.32. The van der Waals surface area contributed by atoms with E-state index in [0.717, 1.165) is 5.69 Å². The van der Waals surface area contributed by atoms with Crippen molar-refractivity contribution in [3.05, 3.63) is 35.9 Å². The average molecular weight is 303 g/mol. The third-order valence-corrected chi connectivity index (χ3v) is 3.13. The van der Waals surface area contributed by atoms with E-state index < -0.39 is 0 Å². The standard InChI is InChI=1S/C15H15ClN4O/c1-4-8-19(15(21)11(2)3)13-10-20(18-14(13)16)12-6-5-7-17-9-12/h1,5-7,9-11H,8H2,2-3H3. The Balaban J connectivity index is 2.41. The first kappa shape index (κ1) is 15.1. The Labute approximate surface area is 128 Å². The number of amides is 1. The molecular weight excluding hydrogens is 288 g/mol. The van der Waals surface area contributed by atoms with Crippen molar-refractivity contribution in [3.8, 4) is 18.0 Å². The minimum absolute atomic E-state index is 0.0967. The summed E-state index contributed by atoms with van der Waals surface area (Å²) >= 11 is 6.16. The molecule has 0 saturated carbocycles. The van der Waals surface area contributed by atoms with Crippen LogP contribution < -0.4 is 4.90 Å². The van der Waals surface area contributed by atoms with Crippen LogP contribution >= 0.6 is 11.6 Å². The van der Waals surface area contributed by atoms with Gasteiger partial charge in [0, 0.05) is 12.1 Å². The number of carbonyl (C=O) groups excluding carboxylic acids is 1. The number of nitrogens with zero attached hydrogens (tertiary/aromatic N) is 4. The molecule has 2 aromatic rings. The lowest BCUT2D eigenvalue weighted by molar-refractivity contribution is -0.121. The summed E-state index contributed by atoms with van der Waals surface area (Å²) in [5, 5.41) is 4.43. The lowest BCUT2D eigenvalue weighted by atomic mass is 10.2. The fourth-order valence-electron chi connectivity index (χ4n) is 1.83. The van der Waals surface area contributed by atoms with E-state index in [9.17, 15) is 4.79 Å². The number of terminal acetylenes is 1. The molecule has 0 aliphatic rings. The number of anilines is 1. The highest BCUT2D eigenvalue weighted by atomic mass is 35.5. The molecule has 0 spiro atoms. The summed E-state index contributed by atoms with van der Waals surface area (Å²) in [6.45, 7) is 3.77. The first-order valence-corrected chi connectivity index (χ1v) is 6.82. The Morgan fingerprint density at radius 2 is 2.33 bits per heavy atom. The number of hydrogen-bond acceptors (Lipinski definition) is 3. The quantitative estimate of drug-likeness (QED) is 0.816. The van der Waals surface area contributed by atoms with Gasteiger partial charge in [-0.25, -0.2) is 4.68 Å². The van der Waals surface area contributed by atoms with E-state index in [4.69, 9.17) is 18.0 Å². The van der Waals surface area contributed by atoms with Crippen LogP contribution in [-0.2, 0) is 4.79 Å². The molecule has 21 heavy (non-hydrogen) atoms. The number of carbonyl (C=O) groups is 1. The molecule has 0 bridgehead atoms. The van der Waals surface area contributed by atoms with Gasteiger partial charge in [0.1, 0.15) is 5.69 Å². The fourth-order valence-corrected chi connectivity index (χ4v) is 2.06. The van der Waals surface area contributed by atoms with Crippen molar-refractivity contribution in [2.75, 3.05) is 11.4 Å². The van der Waals surface area contributed by atoms with Crippen molar-refractivity contribution < 1.29 is 4.79 Å². The molecule has 0 radical (unpaired) electrons. The summed E-state index contributed by atoms with van der Waals surface area (Å²) < 4.78 is 1.57. The monoisotopic (exact) mass is 302 g/mol. The van der Waals surface area contributed by atoms with Gasteiger partial charge in [-0.3, -0.25) is 14.7 Å². The number of rotatable bonds is 4. The maximum absolute atomic E-state index is 12.3. The number of hydrogen-bond donors (Lipinski definition) is 0. The van der Waals surface area contributed by atoms with Crippen molar-refractivity contribution in [3.63, 3.8) is 0 Å². The normalized spacial score (nSPS) is 10.4. The molecule has 6 heteroatoms. The minimum Gasteiger partial charge on any atom is -0.296 e. The number of halogens is 1. The molecule has 0 fully saturated rings.